The molecule has 2 aromatic carbocycles. The van der Waals surface area contributed by atoms with Crippen LogP contribution in [0.4, 0.5) is 5.69 Å². The molecule has 0 aliphatic carbocycles. The van der Waals surface area contributed by atoms with E-state index in [4.69, 9.17) is 15.4 Å². The number of furan rings is 1. The van der Waals surface area contributed by atoms with E-state index in [-0.39, 0.29) is 11.9 Å². The standard InChI is InChI=1S/C18H14N4O2/c1-11-8-14-9-15(6-7-16(14)24-11)21-18(20)22-17(23)13-4-2-12(10-19)3-5-13/h2-9H,1H3,(H3,20,21,22,23). The third-order valence-electron chi connectivity index (χ3n) is 3.39. The second-order valence-corrected chi connectivity index (χ2v) is 5.22. The number of nitrogens with one attached hydrogen (secondary N) is 1. The Labute approximate surface area is 138 Å². The van der Waals surface area contributed by atoms with Crippen molar-refractivity contribution in [3.05, 3.63) is 65.4 Å². The summed E-state index contributed by atoms with van der Waals surface area (Å²) in [5.41, 5.74) is 8.05. The van der Waals surface area contributed by atoms with E-state index in [1.54, 1.807) is 36.4 Å². The smallest absolute Gasteiger partial charge is 0.257 e. The van der Waals surface area contributed by atoms with E-state index >= 15 is 0 Å². The van der Waals surface area contributed by atoms with Gasteiger partial charge in [0.25, 0.3) is 5.91 Å². The number of nitrogens with zero attached hydrogens (tertiary/aromatic N) is 2. The highest BCUT2D eigenvalue weighted by Gasteiger charge is 2.07. The number of benzene rings is 2. The Hall–Kier alpha value is -3.59. The third-order valence-corrected chi connectivity index (χ3v) is 3.39. The van der Waals surface area contributed by atoms with E-state index in [9.17, 15) is 4.79 Å². The molecule has 0 unspecified atom stereocenters. The zero-order chi connectivity index (χ0) is 17.1. The fraction of sp³-hybridized carbons (Fsp3) is 0.0556. The lowest BCUT2D eigenvalue weighted by Gasteiger charge is -2.04. The molecule has 6 heteroatoms. The van der Waals surface area contributed by atoms with E-state index in [1.807, 2.05) is 25.1 Å². The predicted molar refractivity (Wildman–Crippen MR) is 90.9 cm³/mol. The Kier molecular flexibility index (Phi) is 4.00. The number of carbonyl (C=O) groups excluding carboxylic acids is 1. The molecule has 3 aromatic rings. The van der Waals surface area contributed by atoms with Gasteiger partial charge in [-0.1, -0.05) is 0 Å². The molecule has 24 heavy (non-hydrogen) atoms. The maximum absolute atomic E-state index is 12.1. The summed E-state index contributed by atoms with van der Waals surface area (Å²) in [6, 6.07) is 15.5. The van der Waals surface area contributed by atoms with Gasteiger partial charge in [-0.05, 0) is 55.5 Å². The fourth-order valence-corrected chi connectivity index (χ4v) is 2.28. The zero-order valence-corrected chi connectivity index (χ0v) is 12.9. The Morgan fingerprint density at radius 1 is 1.21 bits per heavy atom. The zero-order valence-electron chi connectivity index (χ0n) is 12.9. The van der Waals surface area contributed by atoms with E-state index < -0.39 is 0 Å². The van der Waals surface area contributed by atoms with Crippen LogP contribution < -0.4 is 11.1 Å². The quantitative estimate of drug-likeness (QED) is 0.559. The minimum absolute atomic E-state index is 0.0103. The number of rotatable bonds is 2. The minimum Gasteiger partial charge on any atom is -0.461 e. The van der Waals surface area contributed by atoms with E-state index in [1.165, 1.54) is 0 Å². The molecule has 0 saturated carbocycles. The summed E-state index contributed by atoms with van der Waals surface area (Å²) in [6.07, 6.45) is 0. The number of aliphatic imine (C=N–C) groups is 1. The molecule has 3 rings (SSSR count). The van der Waals surface area contributed by atoms with Crippen molar-refractivity contribution >= 4 is 28.5 Å². The van der Waals surface area contributed by atoms with Gasteiger partial charge in [0.05, 0.1) is 17.3 Å². The first kappa shape index (κ1) is 15.3. The molecule has 0 fully saturated rings. The molecule has 0 aliphatic heterocycles. The summed E-state index contributed by atoms with van der Waals surface area (Å²) in [6.45, 7) is 1.87. The van der Waals surface area contributed by atoms with Crippen molar-refractivity contribution in [3.63, 3.8) is 0 Å². The fourth-order valence-electron chi connectivity index (χ4n) is 2.28. The maximum Gasteiger partial charge on any atom is 0.257 e. The second-order valence-electron chi connectivity index (χ2n) is 5.22. The highest BCUT2D eigenvalue weighted by Crippen LogP contribution is 2.24. The number of aryl methyl sites for hydroxylation is 1. The summed E-state index contributed by atoms with van der Waals surface area (Å²) >= 11 is 0. The monoisotopic (exact) mass is 318 g/mol. The number of hydrogen-bond donors (Lipinski definition) is 2. The number of hydrogen-bond acceptors (Lipinski definition) is 4. The number of guanidine groups is 1. The van der Waals surface area contributed by atoms with Crippen molar-refractivity contribution in [2.45, 2.75) is 6.92 Å². The minimum atomic E-state index is -0.388. The van der Waals surface area contributed by atoms with Crippen LogP contribution in [0.3, 0.4) is 0 Å². The topological polar surface area (TPSA) is 104 Å². The summed E-state index contributed by atoms with van der Waals surface area (Å²) < 4.78 is 5.50. The molecule has 6 nitrogen and oxygen atoms in total. The first-order valence-corrected chi connectivity index (χ1v) is 7.21. The predicted octanol–water partition coefficient (Wildman–Crippen LogP) is 2.99. The largest absolute Gasteiger partial charge is 0.461 e. The van der Waals surface area contributed by atoms with Gasteiger partial charge >= 0.3 is 0 Å². The van der Waals surface area contributed by atoms with Crippen molar-refractivity contribution in [3.8, 4) is 6.07 Å². The molecule has 1 amide bonds. The molecule has 1 heterocycles. The molecule has 1 aromatic heterocycles. The Bertz CT molecular complexity index is 978. The van der Waals surface area contributed by atoms with Gasteiger partial charge in [-0.25, -0.2) is 4.99 Å². The van der Waals surface area contributed by atoms with Gasteiger partial charge in [0, 0.05) is 10.9 Å². The number of amides is 1. The van der Waals surface area contributed by atoms with Crippen molar-refractivity contribution < 1.29 is 9.21 Å². The summed E-state index contributed by atoms with van der Waals surface area (Å²) in [7, 11) is 0. The van der Waals surface area contributed by atoms with Gasteiger partial charge in [-0.15, -0.1) is 0 Å². The van der Waals surface area contributed by atoms with E-state index in [2.05, 4.69) is 10.3 Å². The lowest BCUT2D eigenvalue weighted by Crippen LogP contribution is -2.36. The first-order chi connectivity index (χ1) is 11.5. The lowest BCUT2D eigenvalue weighted by atomic mass is 10.1. The van der Waals surface area contributed by atoms with Crippen LogP contribution in [0.25, 0.3) is 11.0 Å². The van der Waals surface area contributed by atoms with Gasteiger partial charge in [0.2, 0.25) is 5.96 Å². The molecule has 0 atom stereocenters. The van der Waals surface area contributed by atoms with Crippen LogP contribution in [-0.2, 0) is 0 Å². The Morgan fingerprint density at radius 3 is 2.67 bits per heavy atom. The van der Waals surface area contributed by atoms with Crippen molar-refractivity contribution in [2.24, 2.45) is 10.7 Å². The molecule has 0 aliphatic rings. The number of carbonyl (C=O) groups is 1. The third kappa shape index (κ3) is 3.25. The SMILES string of the molecule is Cc1cc2cc(N=C(N)NC(=O)c3ccc(C#N)cc3)ccc2o1. The molecule has 0 bridgehead atoms. The van der Waals surface area contributed by atoms with Crippen molar-refractivity contribution in [1.29, 1.82) is 5.26 Å². The van der Waals surface area contributed by atoms with Crippen molar-refractivity contribution in [1.82, 2.24) is 5.32 Å². The van der Waals surface area contributed by atoms with Gasteiger partial charge in [0.15, 0.2) is 0 Å². The van der Waals surface area contributed by atoms with Crippen LogP contribution in [0.15, 0.2) is 57.9 Å². The number of nitriles is 1. The number of fused-ring (bicyclic) bond motifs is 1. The average Bonchev–Trinajstić information content (AvgIpc) is 2.94. The van der Waals surface area contributed by atoms with E-state index in [0.29, 0.717) is 16.8 Å². The highest BCUT2D eigenvalue weighted by atomic mass is 16.3. The van der Waals surface area contributed by atoms with Gasteiger partial charge in [-0.2, -0.15) is 5.26 Å². The Balaban J connectivity index is 1.76. The molecule has 0 spiro atoms. The highest BCUT2D eigenvalue weighted by molar-refractivity contribution is 6.05. The number of nitrogens with two attached hydrogens (primary N) is 1. The molecular weight excluding hydrogens is 304 g/mol. The van der Waals surface area contributed by atoms with Crippen LogP contribution in [0, 0.1) is 18.3 Å². The molecule has 0 saturated heterocycles. The normalized spacial score (nSPS) is 11.2. The summed E-state index contributed by atoms with van der Waals surface area (Å²) in [5, 5.41) is 12.2. The van der Waals surface area contributed by atoms with Crippen LogP contribution in [-0.4, -0.2) is 11.9 Å². The lowest BCUT2D eigenvalue weighted by molar-refractivity contribution is 0.0976. The van der Waals surface area contributed by atoms with Crippen molar-refractivity contribution in [2.75, 3.05) is 0 Å². The summed E-state index contributed by atoms with van der Waals surface area (Å²) in [5.74, 6) is 0.415. The second kappa shape index (κ2) is 6.26. The van der Waals surface area contributed by atoms with Crippen LogP contribution in [0.5, 0.6) is 0 Å². The van der Waals surface area contributed by atoms with Gasteiger partial charge in [-0.3, -0.25) is 10.1 Å². The molecule has 0 radical (unpaired) electrons. The molecule has 118 valence electrons. The van der Waals surface area contributed by atoms with Crippen LogP contribution in [0.2, 0.25) is 0 Å². The first-order valence-electron chi connectivity index (χ1n) is 7.21. The van der Waals surface area contributed by atoms with Gasteiger partial charge < -0.3 is 10.2 Å². The average molecular weight is 318 g/mol. The van der Waals surface area contributed by atoms with Crippen LogP contribution in [0.1, 0.15) is 21.7 Å². The van der Waals surface area contributed by atoms with Crippen LogP contribution >= 0.6 is 0 Å². The maximum atomic E-state index is 12.1. The summed E-state index contributed by atoms with van der Waals surface area (Å²) in [4.78, 5) is 16.3. The molecule has 3 N–H and O–H groups in total. The Morgan fingerprint density at radius 2 is 1.96 bits per heavy atom. The molecular formula is C18H14N4O2. The van der Waals surface area contributed by atoms with E-state index in [0.717, 1.165) is 16.7 Å². The van der Waals surface area contributed by atoms with Gasteiger partial charge in [0.1, 0.15) is 11.3 Å².